The third-order valence-corrected chi connectivity index (χ3v) is 2.05. The zero-order chi connectivity index (χ0) is 8.32. The maximum Gasteiger partial charge on any atom is 0.206 e. The number of azo groups is 1. The Labute approximate surface area is 70.7 Å². The van der Waals surface area contributed by atoms with Crippen LogP contribution in [0.3, 0.4) is 0 Å². The fraction of sp³-hybridized carbons (Fsp3) is 0.571. The fourth-order valence-electron chi connectivity index (χ4n) is 0.634. The first-order valence-electron chi connectivity index (χ1n) is 3.41. The Bertz CT molecular complexity index is 218. The number of amidine groups is 1. The van der Waals surface area contributed by atoms with Crippen LogP contribution in [0.5, 0.6) is 0 Å². The molecule has 0 aliphatic carbocycles. The molecule has 0 saturated heterocycles. The van der Waals surface area contributed by atoms with E-state index in [-0.39, 0.29) is 4.87 Å². The Kier molecular flexibility index (Phi) is 2.44. The molecule has 0 radical (unpaired) electrons. The highest BCUT2D eigenvalue weighted by atomic mass is 32.2. The van der Waals surface area contributed by atoms with Crippen LogP contribution < -0.4 is 0 Å². The van der Waals surface area contributed by atoms with Crippen LogP contribution >= 0.6 is 11.8 Å². The molecule has 1 rings (SSSR count). The molecule has 11 heavy (non-hydrogen) atoms. The molecular weight excluding hydrogens is 158 g/mol. The predicted octanol–water partition coefficient (Wildman–Crippen LogP) is 2.46. The lowest BCUT2D eigenvalue weighted by molar-refractivity contribution is 0.734. The zero-order valence-corrected chi connectivity index (χ0v) is 7.56. The van der Waals surface area contributed by atoms with Crippen molar-refractivity contribution in [3.05, 3.63) is 12.7 Å². The molecule has 0 aromatic rings. The molecule has 4 heteroatoms. The van der Waals surface area contributed by atoms with Crippen molar-refractivity contribution in [3.8, 4) is 0 Å². The third-order valence-electron chi connectivity index (χ3n) is 1.07. The lowest BCUT2D eigenvalue weighted by Crippen LogP contribution is -2.06. The van der Waals surface area contributed by atoms with Gasteiger partial charge >= 0.3 is 0 Å². The van der Waals surface area contributed by atoms with Gasteiger partial charge in [-0.1, -0.05) is 17.8 Å². The van der Waals surface area contributed by atoms with E-state index in [1.54, 1.807) is 17.8 Å². The molecule has 1 aliphatic rings. The molecule has 1 heterocycles. The van der Waals surface area contributed by atoms with Gasteiger partial charge in [-0.3, -0.25) is 4.99 Å². The Balaban J connectivity index is 2.56. The number of rotatable bonds is 2. The van der Waals surface area contributed by atoms with E-state index in [2.05, 4.69) is 21.8 Å². The maximum atomic E-state index is 4.14. The molecule has 0 aromatic heterocycles. The number of hydrogen-bond acceptors (Lipinski definition) is 3. The van der Waals surface area contributed by atoms with Crippen LogP contribution in [0.1, 0.15) is 13.8 Å². The predicted molar refractivity (Wildman–Crippen MR) is 49.0 cm³/mol. The molecule has 0 fully saturated rings. The summed E-state index contributed by atoms with van der Waals surface area (Å²) in [6, 6.07) is 0. The highest BCUT2D eigenvalue weighted by molar-refractivity contribution is 8.15. The van der Waals surface area contributed by atoms with Crippen LogP contribution in [0.15, 0.2) is 27.9 Å². The molecule has 0 aromatic carbocycles. The van der Waals surface area contributed by atoms with Gasteiger partial charge < -0.3 is 0 Å². The van der Waals surface area contributed by atoms with Crippen LogP contribution in [0, 0.1) is 0 Å². The van der Waals surface area contributed by atoms with E-state index in [1.807, 2.05) is 13.8 Å². The molecule has 0 spiro atoms. The Morgan fingerprint density at radius 3 is 2.91 bits per heavy atom. The summed E-state index contributed by atoms with van der Waals surface area (Å²) in [5, 5.41) is 8.70. The van der Waals surface area contributed by atoms with E-state index in [4.69, 9.17) is 0 Å². The van der Waals surface area contributed by atoms with Crippen LogP contribution in [0.25, 0.3) is 0 Å². The fourth-order valence-corrected chi connectivity index (χ4v) is 1.38. The quantitative estimate of drug-likeness (QED) is 0.585. The molecule has 0 unspecified atom stereocenters. The molecule has 0 bridgehead atoms. The molecule has 3 nitrogen and oxygen atoms in total. The van der Waals surface area contributed by atoms with E-state index in [0.717, 1.165) is 5.17 Å². The summed E-state index contributed by atoms with van der Waals surface area (Å²) < 4.78 is 0. The Morgan fingerprint density at radius 1 is 1.73 bits per heavy atom. The molecule has 1 aliphatic heterocycles. The van der Waals surface area contributed by atoms with E-state index in [9.17, 15) is 0 Å². The second-order valence-corrected chi connectivity index (χ2v) is 4.23. The van der Waals surface area contributed by atoms with E-state index in [0.29, 0.717) is 6.54 Å². The topological polar surface area (TPSA) is 37.1 Å². The van der Waals surface area contributed by atoms with E-state index < -0.39 is 0 Å². The lowest BCUT2D eigenvalue weighted by Gasteiger charge is -2.06. The number of hydrogen-bond donors (Lipinski definition) is 0. The van der Waals surface area contributed by atoms with Crippen molar-refractivity contribution >= 4 is 16.9 Å². The third kappa shape index (κ3) is 2.46. The van der Waals surface area contributed by atoms with Gasteiger partial charge in [0.1, 0.15) is 4.87 Å². The van der Waals surface area contributed by atoms with Crippen LogP contribution in [0.4, 0.5) is 0 Å². The molecular formula is C7H11N3S. The van der Waals surface area contributed by atoms with Crippen molar-refractivity contribution in [1.82, 2.24) is 0 Å². The van der Waals surface area contributed by atoms with Crippen LogP contribution in [0.2, 0.25) is 0 Å². The number of thioether (sulfide) groups is 1. The van der Waals surface area contributed by atoms with Gasteiger partial charge in [-0.25, -0.2) is 0 Å². The number of aliphatic imine (C=N–C) groups is 1. The summed E-state index contributed by atoms with van der Waals surface area (Å²) in [7, 11) is 0. The normalized spacial score (nSPS) is 24.4. The van der Waals surface area contributed by atoms with Gasteiger partial charge in [-0.05, 0) is 13.8 Å². The van der Waals surface area contributed by atoms with Crippen molar-refractivity contribution in [1.29, 1.82) is 0 Å². The minimum atomic E-state index is -0.125. The van der Waals surface area contributed by atoms with Gasteiger partial charge in [-0.15, -0.1) is 11.7 Å². The summed E-state index contributed by atoms with van der Waals surface area (Å²) in [6.07, 6.45) is 1.74. The Morgan fingerprint density at radius 2 is 2.45 bits per heavy atom. The highest BCUT2D eigenvalue weighted by Crippen LogP contribution is 2.33. The van der Waals surface area contributed by atoms with Gasteiger partial charge in [0.15, 0.2) is 0 Å². The zero-order valence-electron chi connectivity index (χ0n) is 6.74. The first kappa shape index (κ1) is 8.46. The minimum absolute atomic E-state index is 0.125. The second kappa shape index (κ2) is 3.17. The van der Waals surface area contributed by atoms with Gasteiger partial charge in [0.25, 0.3) is 0 Å². The summed E-state index contributed by atoms with van der Waals surface area (Å²) >= 11 is 1.58. The average Bonchev–Trinajstić information content (AvgIpc) is 2.26. The van der Waals surface area contributed by atoms with E-state index in [1.165, 1.54) is 0 Å². The van der Waals surface area contributed by atoms with Gasteiger partial charge in [0, 0.05) is 0 Å². The van der Waals surface area contributed by atoms with Crippen molar-refractivity contribution in [2.24, 2.45) is 15.2 Å². The summed E-state index contributed by atoms with van der Waals surface area (Å²) in [5.74, 6) is 0. The first-order valence-corrected chi connectivity index (χ1v) is 4.23. The SMILES string of the molecule is C=CCN=C1N=NC(C)(C)S1. The van der Waals surface area contributed by atoms with Crippen molar-refractivity contribution < 1.29 is 0 Å². The van der Waals surface area contributed by atoms with Crippen molar-refractivity contribution in [2.45, 2.75) is 18.7 Å². The van der Waals surface area contributed by atoms with Gasteiger partial charge in [0.2, 0.25) is 5.17 Å². The van der Waals surface area contributed by atoms with Gasteiger partial charge in [-0.2, -0.15) is 5.11 Å². The van der Waals surface area contributed by atoms with Crippen LogP contribution in [-0.2, 0) is 0 Å². The van der Waals surface area contributed by atoms with Crippen LogP contribution in [-0.4, -0.2) is 16.6 Å². The molecule has 0 N–H and O–H groups in total. The summed E-state index contributed by atoms with van der Waals surface area (Å²) in [6.45, 7) is 8.21. The maximum absolute atomic E-state index is 4.14. The molecule has 60 valence electrons. The summed E-state index contributed by atoms with van der Waals surface area (Å²) in [4.78, 5) is 4.01. The molecule has 0 saturated carbocycles. The lowest BCUT2D eigenvalue weighted by atomic mass is 10.4. The first-order chi connectivity index (χ1) is 5.14. The average molecular weight is 169 g/mol. The largest absolute Gasteiger partial charge is 0.255 e. The smallest absolute Gasteiger partial charge is 0.206 e. The highest BCUT2D eigenvalue weighted by Gasteiger charge is 2.26. The Hall–Kier alpha value is -0.640. The minimum Gasteiger partial charge on any atom is -0.255 e. The molecule has 0 amide bonds. The second-order valence-electron chi connectivity index (χ2n) is 2.66. The summed E-state index contributed by atoms with van der Waals surface area (Å²) in [5.41, 5.74) is 0. The van der Waals surface area contributed by atoms with Gasteiger partial charge in [0.05, 0.1) is 6.54 Å². The number of nitrogens with zero attached hydrogens (tertiary/aromatic N) is 3. The monoisotopic (exact) mass is 169 g/mol. The molecule has 0 atom stereocenters. The van der Waals surface area contributed by atoms with E-state index >= 15 is 0 Å². The van der Waals surface area contributed by atoms with Crippen molar-refractivity contribution in [3.63, 3.8) is 0 Å². The van der Waals surface area contributed by atoms with Crippen molar-refractivity contribution in [2.75, 3.05) is 6.54 Å². The standard InChI is InChI=1S/C7H11N3S/c1-4-5-8-6-9-10-7(2,3)11-6/h4H,1,5H2,2-3H3.